The van der Waals surface area contributed by atoms with Crippen molar-refractivity contribution in [3.8, 4) is 0 Å². The van der Waals surface area contributed by atoms with Crippen molar-refractivity contribution >= 4 is 45.4 Å². The molecule has 0 aromatic heterocycles. The molecule has 3 aliphatic rings. The third kappa shape index (κ3) is 3.94. The summed E-state index contributed by atoms with van der Waals surface area (Å²) in [5, 5.41) is 15.3. The number of halogens is 1. The Balaban J connectivity index is 1.99. The van der Waals surface area contributed by atoms with Gasteiger partial charge in [-0.05, 0) is 40.0 Å². The molecule has 3 saturated heterocycles. The van der Waals surface area contributed by atoms with Crippen molar-refractivity contribution < 1.29 is 19.5 Å². The fourth-order valence-corrected chi connectivity index (χ4v) is 8.63. The number of nitrogens with one attached hydrogen (secondary N) is 2. The van der Waals surface area contributed by atoms with E-state index < -0.39 is 28.2 Å². The molecule has 3 heterocycles. The van der Waals surface area contributed by atoms with Crippen LogP contribution in [0.15, 0.2) is 0 Å². The zero-order valence-electron chi connectivity index (χ0n) is 17.5. The molecule has 2 bridgehead atoms. The maximum atomic E-state index is 13.5. The lowest BCUT2D eigenvalue weighted by molar-refractivity contribution is -0.140. The van der Waals surface area contributed by atoms with Gasteiger partial charge in [0.05, 0.1) is 16.6 Å². The Bertz CT molecular complexity index is 685. The summed E-state index contributed by atoms with van der Waals surface area (Å²) in [7, 11) is 0. The van der Waals surface area contributed by atoms with E-state index in [0.29, 0.717) is 25.9 Å². The molecule has 0 aromatic rings. The van der Waals surface area contributed by atoms with Gasteiger partial charge in [-0.1, -0.05) is 22.9 Å². The molecule has 3 rings (SSSR count). The SMILES string of the molecule is CCCNC(=O)[C@H]1[C@@H]2SC3(CC2Br)C(C(=O)NC(C)(C)C)N(CCCO)C(=O)[C@H]13. The lowest BCUT2D eigenvalue weighted by Crippen LogP contribution is -2.57. The molecule has 0 aromatic carbocycles. The van der Waals surface area contributed by atoms with Crippen molar-refractivity contribution in [3.05, 3.63) is 0 Å². The minimum atomic E-state index is -0.634. The van der Waals surface area contributed by atoms with E-state index in [-0.39, 0.29) is 34.4 Å². The van der Waals surface area contributed by atoms with Gasteiger partial charge in [-0.3, -0.25) is 14.4 Å². The summed E-state index contributed by atoms with van der Waals surface area (Å²) < 4.78 is -0.616. The molecule has 9 heteroatoms. The van der Waals surface area contributed by atoms with Crippen LogP contribution in [0.3, 0.4) is 0 Å². The van der Waals surface area contributed by atoms with E-state index in [2.05, 4.69) is 26.6 Å². The Labute approximate surface area is 185 Å². The second-order valence-electron chi connectivity index (χ2n) is 9.30. The van der Waals surface area contributed by atoms with E-state index in [4.69, 9.17) is 0 Å². The Morgan fingerprint density at radius 1 is 1.34 bits per heavy atom. The van der Waals surface area contributed by atoms with Gasteiger partial charge in [0, 0.05) is 35.3 Å². The summed E-state index contributed by atoms with van der Waals surface area (Å²) >= 11 is 5.37. The standard InChI is InChI=1S/C20H32BrN3O4S/c1-5-7-22-16(26)12-13-18(28)24(8-6-9-25)15(17(27)23-19(2,3)4)20(13)10-11(21)14(12)29-20/h11-15,25H,5-10H2,1-4H3,(H,22,26)(H,23,27)/t11?,12-,13+,14-,15?,20?/m1/s1. The Hall–Kier alpha value is -0.800. The van der Waals surface area contributed by atoms with Crippen molar-refractivity contribution in [2.24, 2.45) is 11.8 Å². The molecule has 164 valence electrons. The molecule has 3 fully saturated rings. The number of thioether (sulfide) groups is 1. The summed E-state index contributed by atoms with van der Waals surface area (Å²) in [6.07, 6.45) is 1.91. The second-order valence-corrected chi connectivity index (χ2v) is 12.0. The quantitative estimate of drug-likeness (QED) is 0.467. The molecule has 3 unspecified atom stereocenters. The number of rotatable bonds is 7. The molecule has 0 saturated carbocycles. The molecular weight excluding hydrogens is 458 g/mol. The van der Waals surface area contributed by atoms with Crippen LogP contribution in [0, 0.1) is 11.8 Å². The summed E-state index contributed by atoms with van der Waals surface area (Å²) in [6.45, 7) is 8.60. The van der Waals surface area contributed by atoms with E-state index >= 15 is 0 Å². The fraction of sp³-hybridized carbons (Fsp3) is 0.850. The first-order valence-corrected chi connectivity index (χ1v) is 12.2. The topological polar surface area (TPSA) is 98.7 Å². The largest absolute Gasteiger partial charge is 0.396 e. The number of aliphatic hydroxyl groups is 1. The highest BCUT2D eigenvalue weighted by molar-refractivity contribution is 9.09. The third-order valence-electron chi connectivity index (χ3n) is 5.94. The van der Waals surface area contributed by atoms with Gasteiger partial charge in [-0.25, -0.2) is 0 Å². The number of alkyl halides is 1. The zero-order valence-corrected chi connectivity index (χ0v) is 19.9. The van der Waals surface area contributed by atoms with E-state index in [1.54, 1.807) is 16.7 Å². The summed E-state index contributed by atoms with van der Waals surface area (Å²) in [6, 6.07) is -0.634. The van der Waals surface area contributed by atoms with Crippen LogP contribution >= 0.6 is 27.7 Å². The van der Waals surface area contributed by atoms with Crippen LogP contribution in [0.1, 0.15) is 47.0 Å². The van der Waals surface area contributed by atoms with Crippen LogP contribution in [0.2, 0.25) is 0 Å². The van der Waals surface area contributed by atoms with Gasteiger partial charge in [0.2, 0.25) is 17.7 Å². The van der Waals surface area contributed by atoms with E-state index in [0.717, 1.165) is 6.42 Å². The van der Waals surface area contributed by atoms with Crippen LogP contribution in [-0.2, 0) is 14.4 Å². The van der Waals surface area contributed by atoms with Gasteiger partial charge < -0.3 is 20.6 Å². The average Bonchev–Trinajstić information content (AvgIpc) is 3.20. The molecular formula is C20H32BrN3O4S. The molecule has 29 heavy (non-hydrogen) atoms. The molecule has 0 aliphatic carbocycles. The van der Waals surface area contributed by atoms with E-state index in [9.17, 15) is 19.5 Å². The van der Waals surface area contributed by atoms with Gasteiger partial charge in [0.1, 0.15) is 6.04 Å². The van der Waals surface area contributed by atoms with Crippen molar-refractivity contribution in [1.82, 2.24) is 15.5 Å². The minimum absolute atomic E-state index is 0.0225. The number of carbonyl (C=O) groups is 3. The lowest BCUT2D eigenvalue weighted by atomic mass is 9.70. The van der Waals surface area contributed by atoms with Gasteiger partial charge in [0.15, 0.2) is 0 Å². The number of amides is 3. The van der Waals surface area contributed by atoms with E-state index in [1.165, 1.54) is 0 Å². The molecule has 7 nitrogen and oxygen atoms in total. The maximum absolute atomic E-state index is 13.5. The van der Waals surface area contributed by atoms with E-state index in [1.807, 2.05) is 27.7 Å². The molecule has 1 spiro atoms. The molecule has 0 radical (unpaired) electrons. The van der Waals surface area contributed by atoms with Gasteiger partial charge in [-0.15, -0.1) is 11.8 Å². The predicted octanol–water partition coefficient (Wildman–Crippen LogP) is 1.27. The third-order valence-corrected chi connectivity index (χ3v) is 9.16. The first-order chi connectivity index (χ1) is 13.6. The maximum Gasteiger partial charge on any atom is 0.244 e. The van der Waals surface area contributed by atoms with Crippen LogP contribution < -0.4 is 10.6 Å². The van der Waals surface area contributed by atoms with Gasteiger partial charge >= 0.3 is 0 Å². The first-order valence-electron chi connectivity index (χ1n) is 10.4. The van der Waals surface area contributed by atoms with Crippen LogP contribution in [0.5, 0.6) is 0 Å². The number of aliphatic hydroxyl groups excluding tert-OH is 1. The normalized spacial score (nSPS) is 35.7. The first kappa shape index (κ1) is 22.9. The van der Waals surface area contributed by atoms with Crippen molar-refractivity contribution in [3.63, 3.8) is 0 Å². The Morgan fingerprint density at radius 3 is 2.62 bits per heavy atom. The molecule has 3 amide bonds. The molecule has 6 atom stereocenters. The summed E-state index contributed by atoms with van der Waals surface area (Å²) in [5.41, 5.74) is -0.426. The second kappa shape index (κ2) is 8.38. The molecule has 3 aliphatic heterocycles. The number of hydrogen-bond acceptors (Lipinski definition) is 5. The van der Waals surface area contributed by atoms with Gasteiger partial charge in [-0.2, -0.15) is 0 Å². The van der Waals surface area contributed by atoms with Crippen LogP contribution in [0.4, 0.5) is 0 Å². The molecule has 3 N–H and O–H groups in total. The number of hydrogen-bond donors (Lipinski definition) is 3. The summed E-state index contributed by atoms with van der Waals surface area (Å²) in [4.78, 5) is 41.6. The monoisotopic (exact) mass is 489 g/mol. The number of likely N-dealkylation sites (tertiary alicyclic amines) is 1. The summed E-state index contributed by atoms with van der Waals surface area (Å²) in [5.74, 6) is -1.33. The fourth-order valence-electron chi connectivity index (χ4n) is 5.02. The number of fused-ring (bicyclic) bond motifs is 1. The lowest BCUT2D eigenvalue weighted by Gasteiger charge is -2.36. The van der Waals surface area contributed by atoms with Crippen LogP contribution in [0.25, 0.3) is 0 Å². The predicted molar refractivity (Wildman–Crippen MR) is 117 cm³/mol. The Kier molecular flexibility index (Phi) is 6.61. The van der Waals surface area contributed by atoms with Crippen molar-refractivity contribution in [1.29, 1.82) is 0 Å². The number of carbonyl (C=O) groups excluding carboxylic acids is 3. The average molecular weight is 490 g/mol. The minimum Gasteiger partial charge on any atom is -0.396 e. The zero-order chi connectivity index (χ0) is 21.6. The smallest absolute Gasteiger partial charge is 0.244 e. The van der Waals surface area contributed by atoms with Gasteiger partial charge in [0.25, 0.3) is 0 Å². The number of nitrogens with zero attached hydrogens (tertiary/aromatic N) is 1. The van der Waals surface area contributed by atoms with Crippen molar-refractivity contribution in [2.45, 2.75) is 73.4 Å². The highest BCUT2D eigenvalue weighted by atomic mass is 79.9. The van der Waals surface area contributed by atoms with Crippen LogP contribution in [-0.4, -0.2) is 73.8 Å². The highest BCUT2D eigenvalue weighted by Crippen LogP contribution is 2.67. The highest BCUT2D eigenvalue weighted by Gasteiger charge is 2.75. The Morgan fingerprint density at radius 2 is 2.03 bits per heavy atom. The van der Waals surface area contributed by atoms with Crippen molar-refractivity contribution in [2.75, 3.05) is 19.7 Å².